The zero-order valence-electron chi connectivity index (χ0n) is 12.8. The quantitative estimate of drug-likeness (QED) is 0.751. The summed E-state index contributed by atoms with van der Waals surface area (Å²) in [6, 6.07) is 0.0482. The molecule has 1 saturated heterocycles. The molecule has 0 saturated carbocycles. The maximum absolute atomic E-state index is 12.7. The van der Waals surface area contributed by atoms with Gasteiger partial charge < -0.3 is 10.5 Å². The molecule has 0 bridgehead atoms. The summed E-state index contributed by atoms with van der Waals surface area (Å²) in [5.41, 5.74) is 5.81. The Morgan fingerprint density at radius 1 is 1.55 bits per heavy atom. The van der Waals surface area contributed by atoms with Crippen LogP contribution in [0.15, 0.2) is 11.2 Å². The molecular weight excluding hydrogens is 308 g/mol. The fraction of sp³-hybridized carbons (Fsp3) is 0.692. The van der Waals surface area contributed by atoms with E-state index in [4.69, 9.17) is 10.5 Å². The van der Waals surface area contributed by atoms with Crippen molar-refractivity contribution in [3.63, 3.8) is 0 Å². The number of nitrogens with one attached hydrogen (secondary N) is 1. The summed E-state index contributed by atoms with van der Waals surface area (Å²) in [5, 5.41) is 5.89. The van der Waals surface area contributed by atoms with Gasteiger partial charge in [-0.3, -0.25) is 5.10 Å². The predicted molar refractivity (Wildman–Crippen MR) is 79.7 cm³/mol. The molecular formula is C13H22N4O4S. The molecule has 124 valence electrons. The zero-order valence-corrected chi connectivity index (χ0v) is 13.6. The topological polar surface area (TPSA) is 118 Å². The number of piperidine rings is 1. The molecule has 3 N–H and O–H groups in total. The zero-order chi connectivity index (χ0) is 16.3. The summed E-state index contributed by atoms with van der Waals surface area (Å²) < 4.78 is 31.6. The predicted octanol–water partition coefficient (Wildman–Crippen LogP) is 0.334. The van der Waals surface area contributed by atoms with Gasteiger partial charge in [0.05, 0.1) is 12.8 Å². The minimum Gasteiger partial charge on any atom is -0.462 e. The third-order valence-corrected chi connectivity index (χ3v) is 5.81. The molecule has 22 heavy (non-hydrogen) atoms. The first kappa shape index (κ1) is 16.9. The Bertz CT molecular complexity index is 618. The number of ether oxygens (including phenoxy) is 1. The SMILES string of the molecule is CCOC(=O)c1cn[nH]c1S(=O)(=O)N1CCC(C(C)N)CC1. The van der Waals surface area contributed by atoms with E-state index in [9.17, 15) is 13.2 Å². The number of sulfonamides is 1. The van der Waals surface area contributed by atoms with Crippen LogP contribution < -0.4 is 5.73 Å². The van der Waals surface area contributed by atoms with Crippen molar-refractivity contribution in [3.05, 3.63) is 11.8 Å². The fourth-order valence-electron chi connectivity index (χ4n) is 2.60. The van der Waals surface area contributed by atoms with Gasteiger partial charge >= 0.3 is 5.97 Å². The summed E-state index contributed by atoms with van der Waals surface area (Å²) in [6.45, 7) is 4.53. The van der Waals surface area contributed by atoms with E-state index in [-0.39, 0.29) is 23.2 Å². The maximum Gasteiger partial charge on any atom is 0.342 e. The van der Waals surface area contributed by atoms with Gasteiger partial charge in [0.25, 0.3) is 10.0 Å². The van der Waals surface area contributed by atoms with Crippen LogP contribution in [0.2, 0.25) is 0 Å². The largest absolute Gasteiger partial charge is 0.462 e. The van der Waals surface area contributed by atoms with E-state index in [1.54, 1.807) is 6.92 Å². The molecule has 9 heteroatoms. The van der Waals surface area contributed by atoms with Gasteiger partial charge in [0.1, 0.15) is 5.56 Å². The second-order valence-corrected chi connectivity index (χ2v) is 7.31. The van der Waals surface area contributed by atoms with E-state index in [0.717, 1.165) is 0 Å². The van der Waals surface area contributed by atoms with Crippen molar-refractivity contribution in [1.82, 2.24) is 14.5 Å². The normalized spacial score (nSPS) is 19.0. The minimum absolute atomic E-state index is 0.0482. The van der Waals surface area contributed by atoms with Crippen LogP contribution in [0.3, 0.4) is 0 Å². The summed E-state index contributed by atoms with van der Waals surface area (Å²) >= 11 is 0. The molecule has 0 aliphatic carbocycles. The molecule has 8 nitrogen and oxygen atoms in total. The Hall–Kier alpha value is -1.45. The van der Waals surface area contributed by atoms with Crippen molar-refractivity contribution in [3.8, 4) is 0 Å². The Balaban J connectivity index is 2.18. The van der Waals surface area contributed by atoms with Crippen LogP contribution in [0.25, 0.3) is 0 Å². The third-order valence-electron chi connectivity index (χ3n) is 3.94. The lowest BCUT2D eigenvalue weighted by atomic mass is 9.92. The first-order valence-electron chi connectivity index (χ1n) is 7.34. The first-order valence-corrected chi connectivity index (χ1v) is 8.78. The van der Waals surface area contributed by atoms with Crippen LogP contribution in [0.5, 0.6) is 0 Å². The Morgan fingerprint density at radius 2 is 2.18 bits per heavy atom. The lowest BCUT2D eigenvalue weighted by Gasteiger charge is -2.32. The monoisotopic (exact) mass is 330 g/mol. The number of esters is 1. The number of H-pyrrole nitrogens is 1. The van der Waals surface area contributed by atoms with Crippen molar-refractivity contribution >= 4 is 16.0 Å². The highest BCUT2D eigenvalue weighted by Crippen LogP contribution is 2.26. The van der Waals surface area contributed by atoms with Crippen molar-refractivity contribution in [2.45, 2.75) is 37.8 Å². The molecule has 1 unspecified atom stereocenters. The first-order chi connectivity index (χ1) is 10.4. The van der Waals surface area contributed by atoms with Gasteiger partial charge in [-0.2, -0.15) is 9.40 Å². The van der Waals surface area contributed by atoms with E-state index in [1.165, 1.54) is 10.5 Å². The Morgan fingerprint density at radius 3 is 2.73 bits per heavy atom. The van der Waals surface area contributed by atoms with Crippen molar-refractivity contribution in [2.75, 3.05) is 19.7 Å². The standard InChI is InChI=1S/C13H22N4O4S/c1-3-21-13(18)11-8-15-16-12(11)22(19,20)17-6-4-10(5-7-17)9(2)14/h8-10H,3-7,14H2,1-2H3,(H,15,16). The molecule has 0 spiro atoms. The summed E-state index contributed by atoms with van der Waals surface area (Å²) in [5.74, 6) is -0.377. The molecule has 1 fully saturated rings. The van der Waals surface area contributed by atoms with Crippen LogP contribution in [0, 0.1) is 5.92 Å². The van der Waals surface area contributed by atoms with Gasteiger partial charge in [0.15, 0.2) is 5.03 Å². The Kier molecular flexibility index (Phi) is 5.20. The third kappa shape index (κ3) is 3.31. The van der Waals surface area contributed by atoms with Gasteiger partial charge in [0, 0.05) is 19.1 Å². The Labute approximate surface area is 130 Å². The molecule has 1 aliphatic heterocycles. The second kappa shape index (κ2) is 6.76. The summed E-state index contributed by atoms with van der Waals surface area (Å²) in [7, 11) is -3.79. The van der Waals surface area contributed by atoms with E-state index >= 15 is 0 Å². The molecule has 1 atom stereocenters. The molecule has 1 aromatic heterocycles. The number of nitrogens with two attached hydrogens (primary N) is 1. The lowest BCUT2D eigenvalue weighted by Crippen LogP contribution is -2.42. The number of nitrogens with zero attached hydrogens (tertiary/aromatic N) is 2. The fourth-order valence-corrected chi connectivity index (χ4v) is 4.13. The van der Waals surface area contributed by atoms with Crippen LogP contribution in [0.4, 0.5) is 0 Å². The average Bonchev–Trinajstić information content (AvgIpc) is 2.98. The molecule has 2 heterocycles. The average molecular weight is 330 g/mol. The molecule has 2 rings (SSSR count). The van der Waals surface area contributed by atoms with E-state index in [0.29, 0.717) is 31.8 Å². The van der Waals surface area contributed by atoms with Crippen molar-refractivity contribution in [2.24, 2.45) is 11.7 Å². The van der Waals surface area contributed by atoms with E-state index in [1.807, 2.05) is 6.92 Å². The van der Waals surface area contributed by atoms with Gasteiger partial charge in [-0.1, -0.05) is 0 Å². The van der Waals surface area contributed by atoms with Gasteiger partial charge in [-0.05, 0) is 32.6 Å². The van der Waals surface area contributed by atoms with Crippen LogP contribution in [-0.4, -0.2) is 54.6 Å². The smallest absolute Gasteiger partial charge is 0.342 e. The summed E-state index contributed by atoms with van der Waals surface area (Å²) in [4.78, 5) is 11.8. The van der Waals surface area contributed by atoms with Crippen LogP contribution in [0.1, 0.15) is 37.0 Å². The highest BCUT2D eigenvalue weighted by Gasteiger charge is 2.34. The lowest BCUT2D eigenvalue weighted by molar-refractivity contribution is 0.0521. The van der Waals surface area contributed by atoms with Crippen LogP contribution in [-0.2, 0) is 14.8 Å². The highest BCUT2D eigenvalue weighted by atomic mass is 32.2. The number of hydrogen-bond acceptors (Lipinski definition) is 6. The minimum atomic E-state index is -3.79. The van der Waals surface area contributed by atoms with Gasteiger partial charge in [-0.15, -0.1) is 0 Å². The number of aromatic nitrogens is 2. The molecule has 1 aromatic rings. The van der Waals surface area contributed by atoms with Crippen LogP contribution >= 0.6 is 0 Å². The number of aromatic amines is 1. The molecule has 0 radical (unpaired) electrons. The molecule has 1 aliphatic rings. The van der Waals surface area contributed by atoms with E-state index in [2.05, 4.69) is 10.2 Å². The van der Waals surface area contributed by atoms with E-state index < -0.39 is 16.0 Å². The second-order valence-electron chi connectivity index (χ2n) is 5.43. The van der Waals surface area contributed by atoms with Gasteiger partial charge in [-0.25, -0.2) is 13.2 Å². The number of rotatable bonds is 5. The highest BCUT2D eigenvalue weighted by molar-refractivity contribution is 7.89. The van der Waals surface area contributed by atoms with Crippen molar-refractivity contribution in [1.29, 1.82) is 0 Å². The maximum atomic E-state index is 12.7. The van der Waals surface area contributed by atoms with Gasteiger partial charge in [0.2, 0.25) is 0 Å². The number of carbonyl (C=O) groups excluding carboxylic acids is 1. The molecule has 0 amide bonds. The molecule has 0 aromatic carbocycles. The summed E-state index contributed by atoms with van der Waals surface area (Å²) in [6.07, 6.45) is 2.60. The number of carbonyl (C=O) groups is 1. The van der Waals surface area contributed by atoms with Crippen molar-refractivity contribution < 1.29 is 17.9 Å². The number of hydrogen-bond donors (Lipinski definition) is 2.